The molecule has 0 aromatic heterocycles. The zero-order chi connectivity index (χ0) is 20.8. The second-order valence-electron chi connectivity index (χ2n) is 9.60. The molecule has 3 heterocycles. The third-order valence-electron chi connectivity index (χ3n) is 6.16. The Morgan fingerprint density at radius 1 is 1.24 bits per heavy atom. The molecule has 7 heteroatoms. The Hall–Kier alpha value is -2.41. The second-order valence-corrected chi connectivity index (χ2v) is 9.60. The molecule has 3 atom stereocenters. The minimum Gasteiger partial charge on any atom is -0.351 e. The van der Waals surface area contributed by atoms with Gasteiger partial charge in [0.15, 0.2) is 0 Å². The van der Waals surface area contributed by atoms with Gasteiger partial charge in [-0.3, -0.25) is 14.4 Å². The molecule has 0 aliphatic carbocycles. The van der Waals surface area contributed by atoms with Crippen LogP contribution in [0.4, 0.5) is 0 Å². The van der Waals surface area contributed by atoms with Crippen LogP contribution in [0, 0.1) is 5.92 Å². The molecule has 1 aromatic carbocycles. The van der Waals surface area contributed by atoms with Gasteiger partial charge in [-0.25, -0.2) is 0 Å². The maximum atomic E-state index is 13.2. The number of hydrogen-bond acceptors (Lipinski definition) is 4. The summed E-state index contributed by atoms with van der Waals surface area (Å²) in [7, 11) is 0. The highest BCUT2D eigenvalue weighted by molar-refractivity contribution is 5.99. The van der Waals surface area contributed by atoms with Gasteiger partial charge in [0, 0.05) is 24.2 Å². The van der Waals surface area contributed by atoms with Crippen molar-refractivity contribution in [3.05, 3.63) is 35.4 Å². The first kappa shape index (κ1) is 19.9. The van der Waals surface area contributed by atoms with E-state index >= 15 is 0 Å². The van der Waals surface area contributed by atoms with Crippen molar-refractivity contribution in [2.24, 2.45) is 5.92 Å². The fourth-order valence-corrected chi connectivity index (χ4v) is 4.86. The van der Waals surface area contributed by atoms with Gasteiger partial charge in [0.1, 0.15) is 0 Å². The number of nitrogens with zero attached hydrogens (tertiary/aromatic N) is 1. The molecule has 3 aliphatic rings. The molecule has 0 radical (unpaired) electrons. The van der Waals surface area contributed by atoms with Gasteiger partial charge in [-0.05, 0) is 58.2 Å². The van der Waals surface area contributed by atoms with E-state index < -0.39 is 11.5 Å². The highest BCUT2D eigenvalue weighted by Crippen LogP contribution is 2.36. The van der Waals surface area contributed by atoms with Crippen molar-refractivity contribution in [2.75, 3.05) is 19.6 Å². The molecule has 0 saturated carbocycles. The lowest BCUT2D eigenvalue weighted by molar-refractivity contribution is -0.132. The summed E-state index contributed by atoms with van der Waals surface area (Å²) in [5, 5.41) is 9.43. The average Bonchev–Trinajstić information content (AvgIpc) is 3.28. The lowest BCUT2D eigenvalue weighted by Crippen LogP contribution is -2.62. The largest absolute Gasteiger partial charge is 0.351 e. The number of benzene rings is 1. The van der Waals surface area contributed by atoms with Crippen molar-refractivity contribution in [2.45, 2.75) is 57.2 Å². The summed E-state index contributed by atoms with van der Waals surface area (Å²) in [4.78, 5) is 40.9. The zero-order valence-corrected chi connectivity index (χ0v) is 17.4. The lowest BCUT2D eigenvalue weighted by atomic mass is 9.76. The molecule has 2 saturated heterocycles. The predicted molar refractivity (Wildman–Crippen MR) is 109 cm³/mol. The van der Waals surface area contributed by atoms with Crippen molar-refractivity contribution in [1.29, 1.82) is 0 Å². The Bertz CT molecular complexity index is 841. The first-order valence-corrected chi connectivity index (χ1v) is 10.4. The number of hydrogen-bond donors (Lipinski definition) is 3. The summed E-state index contributed by atoms with van der Waals surface area (Å²) in [5.41, 5.74) is 0.405. The van der Waals surface area contributed by atoms with Gasteiger partial charge >= 0.3 is 0 Å². The molecule has 0 unspecified atom stereocenters. The Balaban J connectivity index is 1.66. The quantitative estimate of drug-likeness (QED) is 0.689. The molecule has 1 spiro atoms. The molecule has 0 bridgehead atoms. The first-order valence-electron chi connectivity index (χ1n) is 10.4. The van der Waals surface area contributed by atoms with E-state index in [2.05, 4.69) is 16.0 Å². The molecule has 3 N–H and O–H groups in total. The Kier molecular flexibility index (Phi) is 4.89. The molecule has 29 heavy (non-hydrogen) atoms. The fourth-order valence-electron chi connectivity index (χ4n) is 4.86. The number of likely N-dealkylation sites (tertiary alicyclic amines) is 1. The third-order valence-corrected chi connectivity index (χ3v) is 6.16. The van der Waals surface area contributed by atoms with Crippen LogP contribution in [0.3, 0.4) is 0 Å². The number of carbonyl (C=O) groups excluding carboxylic acids is 3. The highest BCUT2D eigenvalue weighted by atomic mass is 16.2. The van der Waals surface area contributed by atoms with E-state index in [4.69, 9.17) is 0 Å². The minimum atomic E-state index is -0.783. The van der Waals surface area contributed by atoms with E-state index in [0.717, 1.165) is 24.9 Å². The molecule has 4 rings (SSSR count). The van der Waals surface area contributed by atoms with E-state index in [1.54, 1.807) is 4.90 Å². The number of amides is 3. The van der Waals surface area contributed by atoms with Crippen LogP contribution in [0.25, 0.3) is 0 Å². The van der Waals surface area contributed by atoms with Crippen LogP contribution >= 0.6 is 0 Å². The van der Waals surface area contributed by atoms with Gasteiger partial charge in [0.25, 0.3) is 5.91 Å². The molecular weight excluding hydrogens is 368 g/mol. The summed E-state index contributed by atoms with van der Waals surface area (Å²) in [6.45, 7) is 7.33. The number of carbonyl (C=O) groups is 3. The molecular formula is C22H30N4O3. The Labute approximate surface area is 171 Å². The van der Waals surface area contributed by atoms with Crippen molar-refractivity contribution in [1.82, 2.24) is 20.9 Å². The fraction of sp³-hybridized carbons (Fsp3) is 0.591. The third kappa shape index (κ3) is 3.75. The van der Waals surface area contributed by atoms with Gasteiger partial charge in [0.05, 0.1) is 17.5 Å². The topological polar surface area (TPSA) is 90.5 Å². The van der Waals surface area contributed by atoms with E-state index in [9.17, 15) is 14.4 Å². The molecule has 7 nitrogen and oxygen atoms in total. The number of fused-ring (bicyclic) bond motifs is 1. The van der Waals surface area contributed by atoms with Crippen molar-refractivity contribution in [3.63, 3.8) is 0 Å². The van der Waals surface area contributed by atoms with Crippen LogP contribution in [-0.4, -0.2) is 59.4 Å². The van der Waals surface area contributed by atoms with E-state index in [0.29, 0.717) is 25.1 Å². The van der Waals surface area contributed by atoms with Crippen LogP contribution in [0.2, 0.25) is 0 Å². The van der Waals surface area contributed by atoms with Crippen LogP contribution in [0.5, 0.6) is 0 Å². The lowest BCUT2D eigenvalue weighted by Gasteiger charge is -2.39. The molecule has 2 fully saturated rings. The van der Waals surface area contributed by atoms with Crippen LogP contribution in [0.15, 0.2) is 24.3 Å². The van der Waals surface area contributed by atoms with Gasteiger partial charge < -0.3 is 20.9 Å². The smallest absolute Gasteiger partial charge is 0.252 e. The number of nitrogens with one attached hydrogen (secondary N) is 3. The van der Waals surface area contributed by atoms with Gasteiger partial charge in [0.2, 0.25) is 11.8 Å². The summed E-state index contributed by atoms with van der Waals surface area (Å²) >= 11 is 0. The minimum absolute atomic E-state index is 0.0287. The zero-order valence-electron chi connectivity index (χ0n) is 17.4. The van der Waals surface area contributed by atoms with Crippen LogP contribution in [0.1, 0.15) is 49.5 Å². The Morgan fingerprint density at radius 3 is 2.69 bits per heavy atom. The predicted octanol–water partition coefficient (Wildman–Crippen LogP) is 0.836. The van der Waals surface area contributed by atoms with Crippen molar-refractivity contribution >= 4 is 17.7 Å². The monoisotopic (exact) mass is 398 g/mol. The maximum Gasteiger partial charge on any atom is 0.252 e. The molecule has 1 aromatic rings. The average molecular weight is 399 g/mol. The first-order chi connectivity index (χ1) is 13.7. The van der Waals surface area contributed by atoms with Crippen LogP contribution < -0.4 is 16.0 Å². The molecule has 3 amide bonds. The second kappa shape index (κ2) is 7.13. The van der Waals surface area contributed by atoms with E-state index in [1.807, 2.05) is 45.0 Å². The summed E-state index contributed by atoms with van der Waals surface area (Å²) in [5.74, 6) is -0.758. The van der Waals surface area contributed by atoms with E-state index in [1.165, 1.54) is 0 Å². The highest BCUT2D eigenvalue weighted by Gasteiger charge is 2.55. The van der Waals surface area contributed by atoms with Crippen LogP contribution in [-0.2, 0) is 16.0 Å². The molecule has 3 aliphatic heterocycles. The summed E-state index contributed by atoms with van der Waals surface area (Å²) < 4.78 is 0. The SMILES string of the molecule is CC(C)(C)NC(=O)[C@@H]1CN(C(=O)[C@@H]2CCCN2)C[C@]12Cc1ccccc1C(=O)N2. The summed E-state index contributed by atoms with van der Waals surface area (Å²) in [6.07, 6.45) is 2.34. The van der Waals surface area contributed by atoms with Gasteiger partial charge in [-0.1, -0.05) is 18.2 Å². The van der Waals surface area contributed by atoms with Crippen molar-refractivity contribution < 1.29 is 14.4 Å². The maximum absolute atomic E-state index is 13.2. The van der Waals surface area contributed by atoms with Gasteiger partial charge in [-0.2, -0.15) is 0 Å². The normalized spacial score (nSPS) is 28.9. The van der Waals surface area contributed by atoms with Gasteiger partial charge in [-0.15, -0.1) is 0 Å². The standard InChI is InChI=1S/C22H30N4O3/c1-21(2,3)24-19(28)16-12-26(20(29)17-9-6-10-23-17)13-22(16)11-14-7-4-5-8-15(14)18(27)25-22/h4-5,7-8,16-17,23H,6,9-13H2,1-3H3,(H,24,28)(H,25,27)/t16-,17-,22+/m0/s1. The molecule has 156 valence electrons. The number of rotatable bonds is 2. The van der Waals surface area contributed by atoms with E-state index in [-0.39, 0.29) is 29.3 Å². The Morgan fingerprint density at radius 2 is 2.00 bits per heavy atom. The summed E-state index contributed by atoms with van der Waals surface area (Å²) in [6, 6.07) is 7.31. The van der Waals surface area contributed by atoms with Crippen molar-refractivity contribution in [3.8, 4) is 0 Å².